The van der Waals surface area contributed by atoms with Crippen molar-refractivity contribution in [1.82, 2.24) is 31.1 Å². The minimum absolute atomic E-state index is 0.0656. The van der Waals surface area contributed by atoms with Crippen LogP contribution >= 0.6 is 0 Å². The van der Waals surface area contributed by atoms with E-state index >= 15 is 0 Å². The average molecular weight is 767 g/mol. The van der Waals surface area contributed by atoms with Crippen LogP contribution < -0.4 is 21.3 Å². The number of carbonyl (C=O) groups excluding carboxylic acids is 7. The van der Waals surface area contributed by atoms with E-state index in [1.807, 2.05) is 20.8 Å². The molecule has 0 aromatic heterocycles. The van der Waals surface area contributed by atoms with Crippen molar-refractivity contribution in [2.45, 2.75) is 123 Å². The lowest BCUT2D eigenvalue weighted by atomic mass is 9.55. The number of Topliss-reactive ketones (excluding diaryl/α,β-unsaturated/α-hetero) is 1. The van der Waals surface area contributed by atoms with Gasteiger partial charge in [-0.3, -0.25) is 28.8 Å². The van der Waals surface area contributed by atoms with Crippen LogP contribution in [0.15, 0.2) is 30.3 Å². The smallest absolute Gasteiger partial charge is 0.408 e. The number of carbonyl (C=O) groups is 7. The normalized spacial score (nSPS) is 22.5. The first-order valence-corrected chi connectivity index (χ1v) is 19.9. The number of ether oxygens (including phenoxy) is 1. The van der Waals surface area contributed by atoms with Gasteiger partial charge in [0.25, 0.3) is 5.91 Å². The van der Waals surface area contributed by atoms with Crippen LogP contribution in [-0.4, -0.2) is 103 Å². The van der Waals surface area contributed by atoms with E-state index in [0.29, 0.717) is 18.5 Å². The van der Waals surface area contributed by atoms with Gasteiger partial charge in [-0.05, 0) is 67.3 Å². The molecule has 1 heterocycles. The molecule has 55 heavy (non-hydrogen) atoms. The fourth-order valence-corrected chi connectivity index (χ4v) is 8.49. The molecule has 1 aliphatic heterocycles. The van der Waals surface area contributed by atoms with Crippen LogP contribution in [0.5, 0.6) is 0 Å². The fraction of sp³-hybridized carbons (Fsp3) is 0.683. The lowest BCUT2D eigenvalue weighted by Crippen LogP contribution is -2.60. The zero-order valence-electron chi connectivity index (χ0n) is 33.8. The van der Waals surface area contributed by atoms with Gasteiger partial charge >= 0.3 is 6.09 Å². The minimum Gasteiger partial charge on any atom is -0.446 e. The van der Waals surface area contributed by atoms with E-state index in [2.05, 4.69) is 35.1 Å². The van der Waals surface area contributed by atoms with E-state index in [9.17, 15) is 33.6 Å². The summed E-state index contributed by atoms with van der Waals surface area (Å²) in [6.45, 7) is 11.4. The van der Waals surface area contributed by atoms with Gasteiger partial charge in [-0.15, -0.1) is 0 Å². The first-order chi connectivity index (χ1) is 26.0. The fourth-order valence-electron chi connectivity index (χ4n) is 8.49. The molecule has 304 valence electrons. The summed E-state index contributed by atoms with van der Waals surface area (Å²) >= 11 is 0. The zero-order chi connectivity index (χ0) is 40.6. The highest BCUT2D eigenvalue weighted by atomic mass is 16.6. The second-order valence-corrected chi connectivity index (χ2v) is 16.8. The first kappa shape index (κ1) is 43.2. The molecule has 0 radical (unpaired) electrons. The van der Waals surface area contributed by atoms with Gasteiger partial charge in [0.1, 0.15) is 24.2 Å². The number of nitrogens with zero attached hydrogens (tertiary/aromatic N) is 2. The van der Waals surface area contributed by atoms with Crippen LogP contribution in [-0.2, 0) is 33.5 Å². The van der Waals surface area contributed by atoms with Crippen molar-refractivity contribution in [3.63, 3.8) is 0 Å². The number of fused-ring (bicyclic) bond motifs is 1. The summed E-state index contributed by atoms with van der Waals surface area (Å²) < 4.78 is 5.61. The van der Waals surface area contributed by atoms with Gasteiger partial charge in [0.05, 0.1) is 12.6 Å². The monoisotopic (exact) mass is 766 g/mol. The second-order valence-electron chi connectivity index (χ2n) is 16.8. The summed E-state index contributed by atoms with van der Waals surface area (Å²) in [4.78, 5) is 97.5. The largest absolute Gasteiger partial charge is 0.446 e. The molecule has 14 heteroatoms. The lowest BCUT2D eigenvalue weighted by Gasteiger charge is -2.49. The summed E-state index contributed by atoms with van der Waals surface area (Å²) in [5, 5.41) is 10.7. The molecule has 6 amide bonds. The lowest BCUT2D eigenvalue weighted by molar-refractivity contribution is -0.145. The number of rotatable bonds is 16. The van der Waals surface area contributed by atoms with Crippen molar-refractivity contribution in [1.29, 1.82) is 0 Å². The van der Waals surface area contributed by atoms with Crippen LogP contribution in [0.4, 0.5) is 4.79 Å². The Bertz CT molecular complexity index is 1560. The molecule has 3 aliphatic rings. The van der Waals surface area contributed by atoms with Crippen molar-refractivity contribution in [2.75, 3.05) is 27.2 Å². The molecule has 2 unspecified atom stereocenters. The van der Waals surface area contributed by atoms with E-state index in [0.717, 1.165) is 38.5 Å². The van der Waals surface area contributed by atoms with Gasteiger partial charge in [0, 0.05) is 20.6 Å². The molecule has 0 bridgehead atoms. The highest BCUT2D eigenvalue weighted by Gasteiger charge is 2.61. The third-order valence-corrected chi connectivity index (χ3v) is 11.7. The van der Waals surface area contributed by atoms with Crippen molar-refractivity contribution < 1.29 is 38.3 Å². The summed E-state index contributed by atoms with van der Waals surface area (Å²) in [5.74, 6) is -4.04. The Morgan fingerprint density at radius 1 is 0.927 bits per heavy atom. The third kappa shape index (κ3) is 10.6. The number of ketones is 1. The molecule has 1 aromatic rings. The Balaban J connectivity index is 1.48. The number of likely N-dealkylation sites (tertiary alicyclic amines) is 1. The summed E-state index contributed by atoms with van der Waals surface area (Å²) in [5.41, 5.74) is 0.294. The Hall–Kier alpha value is -4.49. The van der Waals surface area contributed by atoms with Gasteiger partial charge < -0.3 is 35.8 Å². The van der Waals surface area contributed by atoms with Gasteiger partial charge in [-0.2, -0.15) is 0 Å². The molecule has 1 aromatic carbocycles. The summed E-state index contributed by atoms with van der Waals surface area (Å²) in [7, 11) is 3.13. The quantitative estimate of drug-likeness (QED) is 0.185. The molecule has 7 atom stereocenters. The standard InChI is InChI=1S/C41H62N6O8/c1-9-16-29(35(49)37(51)42-22-30(48)44-32(38(52)46(7)8)26-17-12-10-13-18-26)43-36(50)34-31-28(21-41(31,5)6)23-47(34)39(53)33(27-19-14-11-15-20-27)45-40(54)55-25(4)24(2)3/h10,12-13,17-18,24-25,27-29,31-34H,9,11,14-16,19-23H2,1-8H3,(H,42,51)(H,43,50)(H,44,48)(H,45,54)/t25?,28-,29?,31-,32-,33-,34-/m0/s1. The number of hydrogen-bond acceptors (Lipinski definition) is 8. The maximum Gasteiger partial charge on any atom is 0.408 e. The molecule has 1 saturated heterocycles. The zero-order valence-corrected chi connectivity index (χ0v) is 33.8. The third-order valence-electron chi connectivity index (χ3n) is 11.7. The van der Waals surface area contributed by atoms with E-state index in [1.165, 1.54) is 4.90 Å². The van der Waals surface area contributed by atoms with Gasteiger partial charge in [-0.1, -0.05) is 90.6 Å². The Morgan fingerprint density at radius 3 is 2.16 bits per heavy atom. The molecule has 4 N–H and O–H groups in total. The van der Waals surface area contributed by atoms with Crippen LogP contribution in [0.1, 0.15) is 105 Å². The van der Waals surface area contributed by atoms with E-state index in [1.54, 1.807) is 56.3 Å². The maximum absolute atomic E-state index is 14.6. The maximum atomic E-state index is 14.6. The molecule has 2 aliphatic carbocycles. The number of hydrogen-bond donors (Lipinski definition) is 4. The summed E-state index contributed by atoms with van der Waals surface area (Å²) in [6.07, 6.45) is 4.85. The molecule has 2 saturated carbocycles. The van der Waals surface area contributed by atoms with Gasteiger partial charge in [-0.25, -0.2) is 4.79 Å². The molecule has 3 fully saturated rings. The highest BCUT2D eigenvalue weighted by Crippen LogP contribution is 2.57. The highest BCUT2D eigenvalue weighted by molar-refractivity contribution is 6.38. The molecule has 0 spiro atoms. The van der Waals surface area contributed by atoms with E-state index < -0.39 is 60.3 Å². The minimum atomic E-state index is -1.20. The van der Waals surface area contributed by atoms with Crippen LogP contribution in [0.2, 0.25) is 0 Å². The van der Waals surface area contributed by atoms with Crippen LogP contribution in [0, 0.1) is 29.1 Å². The number of nitrogens with one attached hydrogen (secondary N) is 4. The molecule has 14 nitrogen and oxygen atoms in total. The Labute approximate surface area is 325 Å². The predicted octanol–water partition coefficient (Wildman–Crippen LogP) is 3.50. The molecule has 4 rings (SSSR count). The topological polar surface area (TPSA) is 183 Å². The molecular formula is C41H62N6O8. The first-order valence-electron chi connectivity index (χ1n) is 19.9. The van der Waals surface area contributed by atoms with Gasteiger partial charge in [0.2, 0.25) is 29.4 Å². The number of likely N-dealkylation sites (N-methyl/N-ethyl adjacent to an activating group) is 1. The molecular weight excluding hydrogens is 704 g/mol. The van der Waals surface area contributed by atoms with Crippen molar-refractivity contribution >= 4 is 41.4 Å². The van der Waals surface area contributed by atoms with E-state index in [-0.39, 0.29) is 53.4 Å². The summed E-state index contributed by atoms with van der Waals surface area (Å²) in [6, 6.07) is 4.68. The average Bonchev–Trinajstić information content (AvgIpc) is 3.49. The number of alkyl carbamates (subject to hydrolysis) is 1. The Kier molecular flexibility index (Phi) is 14.9. The van der Waals surface area contributed by atoms with Crippen molar-refractivity contribution in [2.24, 2.45) is 29.1 Å². The van der Waals surface area contributed by atoms with E-state index in [4.69, 9.17) is 4.74 Å². The van der Waals surface area contributed by atoms with Gasteiger partial charge in [0.15, 0.2) is 0 Å². The predicted molar refractivity (Wildman–Crippen MR) is 206 cm³/mol. The number of amides is 6. The Morgan fingerprint density at radius 2 is 1.58 bits per heavy atom. The van der Waals surface area contributed by atoms with Crippen LogP contribution in [0.25, 0.3) is 0 Å². The van der Waals surface area contributed by atoms with Crippen molar-refractivity contribution in [3.05, 3.63) is 35.9 Å². The number of benzene rings is 1. The van der Waals surface area contributed by atoms with Crippen molar-refractivity contribution in [3.8, 4) is 0 Å². The SMILES string of the molecule is CCCC(NC(=O)[C@@H]1[C@@H]2[C@H](CN1C(=O)[C@@H](NC(=O)OC(C)C(C)C)C1CCCCC1)CC2(C)C)C(=O)C(=O)NCC(=O)N[C@H](C(=O)N(C)C)c1ccccc1. The second kappa shape index (κ2) is 18.9. The van der Waals surface area contributed by atoms with Crippen LogP contribution in [0.3, 0.4) is 0 Å².